The molecule has 0 radical (unpaired) electrons. The predicted octanol–water partition coefficient (Wildman–Crippen LogP) is 4.04. The topological polar surface area (TPSA) is 106 Å². The van der Waals surface area contributed by atoms with E-state index in [1.54, 1.807) is 0 Å². The molecule has 0 amide bonds. The van der Waals surface area contributed by atoms with Gasteiger partial charge in [0.05, 0.1) is 13.2 Å². The number of aromatic nitrogens is 5. The quantitative estimate of drug-likeness (QED) is 0.222. The molecule has 0 saturated carbocycles. The molecule has 8 nitrogen and oxygen atoms in total. The molecule has 2 aromatic carbocycles. The predicted molar refractivity (Wildman–Crippen MR) is 130 cm³/mol. The number of ether oxygens (including phenoxy) is 1. The molecule has 0 aliphatic heterocycles. The van der Waals surface area contributed by atoms with Crippen LogP contribution in [0.15, 0.2) is 67.1 Å². The third-order valence-electron chi connectivity index (χ3n) is 5.95. The third-order valence-corrected chi connectivity index (χ3v) is 5.95. The Morgan fingerprint density at radius 2 is 1.62 bits per heavy atom. The molecule has 15 heteroatoms. The fourth-order valence-corrected chi connectivity index (χ4v) is 3.85. The van der Waals surface area contributed by atoms with Crippen LogP contribution in [0, 0.1) is 23.5 Å². The van der Waals surface area contributed by atoms with Crippen LogP contribution in [0.25, 0.3) is 0 Å². The van der Waals surface area contributed by atoms with E-state index in [1.165, 1.54) is 30.3 Å². The molecule has 2 aromatic heterocycles. The summed E-state index contributed by atoms with van der Waals surface area (Å²) in [5.74, 6) is -1.24. The first kappa shape index (κ1) is 30.6. The Kier molecular flexibility index (Phi) is 8.90. The zero-order valence-corrected chi connectivity index (χ0v) is 21.2. The van der Waals surface area contributed by atoms with Crippen LogP contribution in [0.3, 0.4) is 0 Å². The number of alkyl halides is 5. The van der Waals surface area contributed by atoms with Gasteiger partial charge in [-0.3, -0.25) is 4.98 Å². The first-order valence-corrected chi connectivity index (χ1v) is 12.0. The Balaban J connectivity index is 1.52. The molecule has 42 heavy (non-hydrogen) atoms. The van der Waals surface area contributed by atoms with Crippen molar-refractivity contribution in [3.8, 4) is 11.8 Å². The summed E-state index contributed by atoms with van der Waals surface area (Å²) in [7, 11) is 0. The summed E-state index contributed by atoms with van der Waals surface area (Å²) in [6.07, 6.45) is -3.87. The zero-order chi connectivity index (χ0) is 30.5. The van der Waals surface area contributed by atoms with E-state index in [1.807, 2.05) is 0 Å². The molecular weight excluding hydrogens is 575 g/mol. The molecule has 2 unspecified atom stereocenters. The molecule has 0 fully saturated rings. The number of nitrogens with zero attached hydrogens (tertiary/aromatic N) is 5. The lowest BCUT2D eigenvalue weighted by molar-refractivity contribution is -0.207. The fourth-order valence-electron chi connectivity index (χ4n) is 3.85. The van der Waals surface area contributed by atoms with Gasteiger partial charge in [-0.15, -0.1) is 5.10 Å². The summed E-state index contributed by atoms with van der Waals surface area (Å²) in [4.78, 5) is 3.72. The van der Waals surface area contributed by atoms with E-state index in [0.717, 1.165) is 29.3 Å². The van der Waals surface area contributed by atoms with Crippen molar-refractivity contribution in [1.82, 2.24) is 25.2 Å². The monoisotopic (exact) mass is 595 g/mol. The van der Waals surface area contributed by atoms with E-state index >= 15 is 8.78 Å². The molecule has 4 aromatic rings. The Labute approximate surface area is 233 Å². The van der Waals surface area contributed by atoms with Gasteiger partial charge < -0.3 is 14.9 Å². The third kappa shape index (κ3) is 7.08. The average molecular weight is 595 g/mol. The highest BCUT2D eigenvalue weighted by Gasteiger charge is 2.58. The lowest BCUT2D eigenvalue weighted by Gasteiger charge is -2.35. The van der Waals surface area contributed by atoms with Crippen LogP contribution in [0.4, 0.5) is 30.7 Å². The molecule has 2 heterocycles. The van der Waals surface area contributed by atoms with Gasteiger partial charge in [-0.05, 0) is 52.4 Å². The molecule has 0 bridgehead atoms. The zero-order valence-electron chi connectivity index (χ0n) is 21.2. The molecule has 0 aliphatic rings. The maximum absolute atomic E-state index is 15.8. The average Bonchev–Trinajstić information content (AvgIpc) is 3.44. The standard InChI is InChI=1S/C27H20F7N5O3/c28-20-8-9-21(22(29)11-20)25(41,14-39-16-36-37-38-39)27(33,34)24-10-5-18(12-35-24)2-1-17-3-6-19(7-4-17)23(40)13-42-15-26(30,31)32/h3-12,16,23,40-41H,13-15H2. The van der Waals surface area contributed by atoms with Gasteiger partial charge in [-0.25, -0.2) is 13.5 Å². The highest BCUT2D eigenvalue weighted by Crippen LogP contribution is 2.46. The van der Waals surface area contributed by atoms with Gasteiger partial charge in [-0.2, -0.15) is 22.0 Å². The van der Waals surface area contributed by atoms with Gasteiger partial charge >= 0.3 is 12.1 Å². The van der Waals surface area contributed by atoms with Crippen molar-refractivity contribution in [2.75, 3.05) is 13.2 Å². The van der Waals surface area contributed by atoms with Crippen molar-refractivity contribution in [3.63, 3.8) is 0 Å². The molecule has 2 atom stereocenters. The smallest absolute Gasteiger partial charge is 0.386 e. The Morgan fingerprint density at radius 3 is 2.21 bits per heavy atom. The maximum atomic E-state index is 15.8. The minimum absolute atomic E-state index is 0.191. The highest BCUT2D eigenvalue weighted by molar-refractivity contribution is 5.43. The van der Waals surface area contributed by atoms with Crippen molar-refractivity contribution in [2.45, 2.75) is 30.3 Å². The molecule has 0 saturated heterocycles. The minimum atomic E-state index is -4.51. The summed E-state index contributed by atoms with van der Waals surface area (Å²) < 4.78 is 101. The number of halogens is 7. The Bertz CT molecular complexity index is 1550. The van der Waals surface area contributed by atoms with Gasteiger partial charge in [0.15, 0.2) is 5.60 Å². The second kappa shape index (κ2) is 12.2. The van der Waals surface area contributed by atoms with Crippen LogP contribution >= 0.6 is 0 Å². The molecule has 2 N–H and O–H groups in total. The summed E-state index contributed by atoms with van der Waals surface area (Å²) in [6, 6.07) is 9.71. The van der Waals surface area contributed by atoms with E-state index in [-0.39, 0.29) is 5.56 Å². The van der Waals surface area contributed by atoms with Gasteiger partial charge in [0.1, 0.15) is 36.4 Å². The largest absolute Gasteiger partial charge is 0.411 e. The van der Waals surface area contributed by atoms with Crippen LogP contribution in [0.1, 0.15) is 34.1 Å². The number of tetrazole rings is 1. The van der Waals surface area contributed by atoms with Gasteiger partial charge in [0.25, 0.3) is 0 Å². The van der Waals surface area contributed by atoms with Crippen molar-refractivity contribution >= 4 is 0 Å². The number of hydrogen-bond acceptors (Lipinski definition) is 7. The van der Waals surface area contributed by atoms with Crippen molar-refractivity contribution in [3.05, 3.63) is 107 Å². The van der Waals surface area contributed by atoms with E-state index in [4.69, 9.17) is 0 Å². The maximum Gasteiger partial charge on any atom is 0.411 e. The molecule has 220 valence electrons. The number of aliphatic hydroxyl groups is 2. The number of pyridine rings is 1. The van der Waals surface area contributed by atoms with Crippen molar-refractivity contribution in [1.29, 1.82) is 0 Å². The second-order valence-corrected chi connectivity index (χ2v) is 9.02. The van der Waals surface area contributed by atoms with Crippen LogP contribution < -0.4 is 0 Å². The van der Waals surface area contributed by atoms with E-state index in [9.17, 15) is 32.2 Å². The second-order valence-electron chi connectivity index (χ2n) is 9.02. The van der Waals surface area contributed by atoms with Gasteiger partial charge in [0, 0.05) is 29.0 Å². The van der Waals surface area contributed by atoms with Crippen molar-refractivity contribution in [2.24, 2.45) is 0 Å². The van der Waals surface area contributed by atoms with Crippen LogP contribution in [-0.4, -0.2) is 54.8 Å². The van der Waals surface area contributed by atoms with Gasteiger partial charge in [0.2, 0.25) is 0 Å². The normalized spacial score (nSPS) is 14.1. The summed E-state index contributed by atoms with van der Waals surface area (Å²) in [5, 5.41) is 31.3. The molecule has 4 rings (SSSR count). The SMILES string of the molecule is OC(COCC(F)(F)F)c1ccc(C#Cc2ccc(C(F)(F)C(O)(Cn3cnnn3)c3ccc(F)cc3F)nc2)cc1. The molecular formula is C27H20F7N5O3. The lowest BCUT2D eigenvalue weighted by atomic mass is 9.84. The van der Waals surface area contributed by atoms with Crippen LogP contribution in [0.5, 0.6) is 0 Å². The van der Waals surface area contributed by atoms with Crippen LogP contribution in [0.2, 0.25) is 0 Å². The number of hydrogen-bond donors (Lipinski definition) is 2. The Morgan fingerprint density at radius 1 is 0.929 bits per heavy atom. The number of aliphatic hydroxyl groups excluding tert-OH is 1. The summed E-state index contributed by atoms with van der Waals surface area (Å²) >= 11 is 0. The lowest BCUT2D eigenvalue weighted by Crippen LogP contribution is -2.48. The summed E-state index contributed by atoms with van der Waals surface area (Å²) in [5.41, 5.74) is -4.23. The first-order chi connectivity index (χ1) is 19.8. The Hall–Kier alpha value is -4.39. The van der Waals surface area contributed by atoms with E-state index in [2.05, 4.69) is 37.1 Å². The number of rotatable bonds is 9. The van der Waals surface area contributed by atoms with Gasteiger partial charge in [-0.1, -0.05) is 24.0 Å². The van der Waals surface area contributed by atoms with E-state index in [0.29, 0.717) is 23.3 Å². The van der Waals surface area contributed by atoms with Crippen molar-refractivity contribution < 1.29 is 45.7 Å². The summed E-state index contributed by atoms with van der Waals surface area (Å²) in [6.45, 7) is -3.06. The number of benzene rings is 2. The van der Waals surface area contributed by atoms with E-state index < -0.39 is 66.5 Å². The highest BCUT2D eigenvalue weighted by atomic mass is 19.4. The molecule has 0 spiro atoms. The fraction of sp³-hybridized carbons (Fsp3) is 0.259. The minimum Gasteiger partial charge on any atom is -0.386 e. The van der Waals surface area contributed by atoms with Crippen LogP contribution in [-0.2, 0) is 22.8 Å². The molecule has 0 aliphatic carbocycles. The first-order valence-electron chi connectivity index (χ1n) is 12.0.